The molecule has 9 nitrogen and oxygen atoms in total. The van der Waals surface area contributed by atoms with Crippen molar-refractivity contribution in [3.05, 3.63) is 34.9 Å². The number of unbranched alkanes of at least 4 members (excludes halogenated alkanes) is 1. The number of alkyl halides is 2. The number of hydrogen-bond acceptors (Lipinski definition) is 6. The van der Waals surface area contributed by atoms with Crippen LogP contribution in [0.1, 0.15) is 75.9 Å². The lowest BCUT2D eigenvalue weighted by Crippen LogP contribution is -2.38. The van der Waals surface area contributed by atoms with Crippen LogP contribution in [-0.2, 0) is 25.0 Å². The van der Waals surface area contributed by atoms with E-state index >= 15 is 0 Å². The quantitative estimate of drug-likeness (QED) is 0.174. The van der Waals surface area contributed by atoms with Crippen LogP contribution in [0.15, 0.2) is 18.2 Å². The highest BCUT2D eigenvalue weighted by Gasteiger charge is 2.19. The van der Waals surface area contributed by atoms with E-state index in [1.54, 1.807) is 46.4 Å². The van der Waals surface area contributed by atoms with E-state index < -0.39 is 23.4 Å². The molecule has 3 amide bonds. The van der Waals surface area contributed by atoms with Gasteiger partial charge in [0.05, 0.1) is 6.61 Å². The molecule has 0 radical (unpaired) electrons. The summed E-state index contributed by atoms with van der Waals surface area (Å²) in [5.41, 5.74) is 3.62. The first-order valence-electron chi connectivity index (χ1n) is 11.9. The second-order valence-corrected chi connectivity index (χ2v) is 11.3. The molecule has 0 fully saturated rings. The number of nitrogens with one attached hydrogen (secondary N) is 2. The standard InChI is InChI=1S/C25H39Br2N3O6/c1-24(2,3)35-22(32)28-9-7-8-10-30(11-12-34-29-23(33)36-25(4,5)6)21(31)20-14-18(16-26)13-19(15-20)17-27/h13-15H,7-12,16-17H2,1-6H3,(H,28,32)(H,29,33). The van der Waals surface area contributed by atoms with Crippen LogP contribution >= 0.6 is 31.9 Å². The molecule has 0 aromatic heterocycles. The lowest BCUT2D eigenvalue weighted by molar-refractivity contribution is -0.0119. The van der Waals surface area contributed by atoms with Crippen molar-refractivity contribution in [2.75, 3.05) is 26.2 Å². The Hall–Kier alpha value is -1.85. The monoisotopic (exact) mass is 635 g/mol. The minimum absolute atomic E-state index is 0.0879. The molecule has 0 saturated heterocycles. The fraction of sp³-hybridized carbons (Fsp3) is 0.640. The Balaban J connectivity index is 2.74. The zero-order valence-corrected chi connectivity index (χ0v) is 25.2. The highest BCUT2D eigenvalue weighted by atomic mass is 79.9. The first kappa shape index (κ1) is 32.2. The van der Waals surface area contributed by atoms with Gasteiger partial charge in [0.15, 0.2) is 0 Å². The van der Waals surface area contributed by atoms with Crippen molar-refractivity contribution < 1.29 is 28.7 Å². The number of halogens is 2. The van der Waals surface area contributed by atoms with Gasteiger partial charge in [-0.05, 0) is 77.6 Å². The number of hydrogen-bond donors (Lipinski definition) is 2. The number of alkyl carbamates (subject to hydrolysis) is 1. The Morgan fingerprint density at radius 2 is 1.39 bits per heavy atom. The molecule has 0 aliphatic heterocycles. The maximum Gasteiger partial charge on any atom is 0.431 e. The largest absolute Gasteiger partial charge is 0.444 e. The van der Waals surface area contributed by atoms with Crippen LogP contribution in [0.5, 0.6) is 0 Å². The highest BCUT2D eigenvalue weighted by Crippen LogP contribution is 2.18. The lowest BCUT2D eigenvalue weighted by atomic mass is 10.1. The topological polar surface area (TPSA) is 106 Å². The van der Waals surface area contributed by atoms with Gasteiger partial charge in [0.25, 0.3) is 5.91 Å². The van der Waals surface area contributed by atoms with E-state index in [2.05, 4.69) is 42.7 Å². The van der Waals surface area contributed by atoms with Gasteiger partial charge in [0, 0.05) is 35.9 Å². The summed E-state index contributed by atoms with van der Waals surface area (Å²) in [7, 11) is 0. The smallest absolute Gasteiger partial charge is 0.431 e. The van der Waals surface area contributed by atoms with Crippen LogP contribution in [0, 0.1) is 0 Å². The van der Waals surface area contributed by atoms with Crippen molar-refractivity contribution in [2.24, 2.45) is 0 Å². The van der Waals surface area contributed by atoms with Crippen molar-refractivity contribution in [1.29, 1.82) is 0 Å². The van der Waals surface area contributed by atoms with E-state index in [0.717, 1.165) is 11.1 Å². The molecule has 11 heteroatoms. The predicted octanol–water partition coefficient (Wildman–Crippen LogP) is 5.68. The van der Waals surface area contributed by atoms with Crippen molar-refractivity contribution in [3.63, 3.8) is 0 Å². The van der Waals surface area contributed by atoms with E-state index in [9.17, 15) is 14.4 Å². The third kappa shape index (κ3) is 14.0. The molecule has 204 valence electrons. The molecule has 36 heavy (non-hydrogen) atoms. The Labute approximate surface area is 231 Å². The van der Waals surface area contributed by atoms with Crippen LogP contribution in [0.4, 0.5) is 9.59 Å². The van der Waals surface area contributed by atoms with Gasteiger partial charge >= 0.3 is 12.2 Å². The summed E-state index contributed by atoms with van der Waals surface area (Å²) >= 11 is 6.92. The summed E-state index contributed by atoms with van der Waals surface area (Å²) in [6.45, 7) is 11.9. The molecule has 0 aliphatic carbocycles. The molecule has 2 N–H and O–H groups in total. The number of hydroxylamine groups is 1. The van der Waals surface area contributed by atoms with Gasteiger partial charge in [-0.25, -0.2) is 9.59 Å². The SMILES string of the molecule is CC(C)(C)OC(=O)NCCCCN(CCONC(=O)OC(C)(C)C)C(=O)c1cc(CBr)cc(CBr)c1. The average Bonchev–Trinajstić information content (AvgIpc) is 2.76. The minimum Gasteiger partial charge on any atom is -0.444 e. The van der Waals surface area contributed by atoms with Gasteiger partial charge in [-0.3, -0.25) is 9.63 Å². The van der Waals surface area contributed by atoms with Crippen molar-refractivity contribution in [2.45, 2.75) is 76.2 Å². The minimum atomic E-state index is -0.694. The van der Waals surface area contributed by atoms with Gasteiger partial charge in [-0.2, -0.15) is 5.48 Å². The zero-order valence-electron chi connectivity index (χ0n) is 22.0. The average molecular weight is 637 g/mol. The maximum absolute atomic E-state index is 13.4. The Kier molecular flexibility index (Phi) is 13.8. The molecule has 0 atom stereocenters. The third-order valence-corrected chi connectivity index (χ3v) is 5.73. The summed E-state index contributed by atoms with van der Waals surface area (Å²) in [5.74, 6) is -0.138. The van der Waals surface area contributed by atoms with Crippen LogP contribution in [0.2, 0.25) is 0 Å². The molecule has 0 spiro atoms. The number of carbonyl (C=O) groups is 3. The van der Waals surface area contributed by atoms with Crippen LogP contribution in [0.25, 0.3) is 0 Å². The van der Waals surface area contributed by atoms with E-state index in [4.69, 9.17) is 14.3 Å². The summed E-state index contributed by atoms with van der Waals surface area (Å²) in [6, 6.07) is 5.75. The van der Waals surface area contributed by atoms with Crippen LogP contribution < -0.4 is 10.8 Å². The van der Waals surface area contributed by atoms with Gasteiger partial charge in [0.1, 0.15) is 11.2 Å². The second-order valence-electron chi connectivity index (χ2n) is 10.2. The molecule has 0 unspecified atom stereocenters. The number of amides is 3. The summed E-state index contributed by atoms with van der Waals surface area (Å²) in [6.07, 6.45) is 0.157. The lowest BCUT2D eigenvalue weighted by Gasteiger charge is -2.24. The summed E-state index contributed by atoms with van der Waals surface area (Å²) in [4.78, 5) is 43.9. The van der Waals surface area contributed by atoms with E-state index in [-0.39, 0.29) is 19.1 Å². The fourth-order valence-corrected chi connectivity index (χ4v) is 3.68. The Morgan fingerprint density at radius 3 is 1.92 bits per heavy atom. The van der Waals surface area contributed by atoms with Crippen LogP contribution in [0.3, 0.4) is 0 Å². The van der Waals surface area contributed by atoms with Crippen molar-refractivity contribution in [3.8, 4) is 0 Å². The summed E-state index contributed by atoms with van der Waals surface area (Å²) in [5, 5.41) is 3.99. The number of ether oxygens (including phenoxy) is 2. The zero-order chi connectivity index (χ0) is 27.4. The van der Waals surface area contributed by atoms with Gasteiger partial charge in [-0.15, -0.1) is 0 Å². The number of carbonyl (C=O) groups excluding carboxylic acids is 3. The Morgan fingerprint density at radius 1 is 0.833 bits per heavy atom. The van der Waals surface area contributed by atoms with Gasteiger partial charge in [0.2, 0.25) is 0 Å². The number of rotatable bonds is 12. The second kappa shape index (κ2) is 15.4. The van der Waals surface area contributed by atoms with E-state index in [1.165, 1.54) is 0 Å². The fourth-order valence-electron chi connectivity index (χ4n) is 3.03. The van der Waals surface area contributed by atoms with E-state index in [0.29, 0.717) is 42.2 Å². The van der Waals surface area contributed by atoms with Crippen molar-refractivity contribution in [1.82, 2.24) is 15.7 Å². The molecule has 1 rings (SSSR count). The first-order chi connectivity index (χ1) is 16.7. The third-order valence-electron chi connectivity index (χ3n) is 4.44. The molecular weight excluding hydrogens is 598 g/mol. The molecule has 0 saturated carbocycles. The maximum atomic E-state index is 13.4. The normalized spacial score (nSPS) is 11.6. The van der Waals surface area contributed by atoms with Crippen molar-refractivity contribution >= 4 is 50.0 Å². The molecule has 0 heterocycles. The Bertz CT molecular complexity index is 846. The van der Waals surface area contributed by atoms with Gasteiger partial charge in [-0.1, -0.05) is 37.9 Å². The van der Waals surface area contributed by atoms with Gasteiger partial charge < -0.3 is 19.7 Å². The highest BCUT2D eigenvalue weighted by molar-refractivity contribution is 9.08. The van der Waals surface area contributed by atoms with Crippen LogP contribution in [-0.4, -0.2) is 60.4 Å². The summed E-state index contributed by atoms with van der Waals surface area (Å²) < 4.78 is 10.4. The first-order valence-corrected chi connectivity index (χ1v) is 14.1. The number of nitrogens with zero attached hydrogens (tertiary/aromatic N) is 1. The molecule has 0 bridgehead atoms. The molecule has 1 aromatic carbocycles. The molecule has 0 aliphatic rings. The molecular formula is C25H39Br2N3O6. The molecule has 1 aromatic rings. The number of benzene rings is 1. The van der Waals surface area contributed by atoms with E-state index in [1.807, 2.05) is 18.2 Å². The predicted molar refractivity (Wildman–Crippen MR) is 146 cm³/mol.